The summed E-state index contributed by atoms with van der Waals surface area (Å²) in [6.45, 7) is 5.62. The second-order valence-corrected chi connectivity index (χ2v) is 11.0. The molecule has 0 N–H and O–H groups in total. The quantitative estimate of drug-likeness (QED) is 0.233. The molecule has 3 atom stereocenters. The van der Waals surface area contributed by atoms with Crippen LogP contribution >= 0.6 is 0 Å². The van der Waals surface area contributed by atoms with Crippen LogP contribution in [0, 0.1) is 11.1 Å². The lowest BCUT2D eigenvalue weighted by atomic mass is 9.71. The van der Waals surface area contributed by atoms with Crippen molar-refractivity contribution < 1.29 is 24.0 Å². The first-order chi connectivity index (χ1) is 17.3. The molecule has 194 valence electrons. The number of unbranched alkanes of at least 4 members (excludes halogenated alkanes) is 1. The number of hydrogen-bond acceptors (Lipinski definition) is 5. The molecule has 6 nitrogen and oxygen atoms in total. The van der Waals surface area contributed by atoms with E-state index in [1.54, 1.807) is 6.21 Å². The minimum Gasteiger partial charge on any atom is -0.460 e. The second kappa shape index (κ2) is 11.5. The van der Waals surface area contributed by atoms with Gasteiger partial charge in [0, 0.05) is 29.1 Å². The van der Waals surface area contributed by atoms with Gasteiger partial charge in [0.2, 0.25) is 6.21 Å². The van der Waals surface area contributed by atoms with Crippen molar-refractivity contribution in [2.45, 2.75) is 95.5 Å². The average Bonchev–Trinajstić information content (AvgIpc) is 3.26. The summed E-state index contributed by atoms with van der Waals surface area (Å²) in [5.41, 5.74) is 1.73. The number of esters is 1. The summed E-state index contributed by atoms with van der Waals surface area (Å²) in [4.78, 5) is 18.1. The molecule has 0 unspecified atom stereocenters. The van der Waals surface area contributed by atoms with Gasteiger partial charge in [-0.3, -0.25) is 10.0 Å². The molecule has 36 heavy (non-hydrogen) atoms. The molecular formula is C30H39NO5. The van der Waals surface area contributed by atoms with Crippen molar-refractivity contribution in [3.8, 4) is 0 Å². The van der Waals surface area contributed by atoms with Crippen molar-refractivity contribution in [2.75, 3.05) is 0 Å². The molecule has 2 aromatic carbocycles. The fourth-order valence-electron chi connectivity index (χ4n) is 5.65. The van der Waals surface area contributed by atoms with Crippen molar-refractivity contribution >= 4 is 12.2 Å². The first-order valence-corrected chi connectivity index (χ1v) is 13.2. The Bertz CT molecular complexity index is 975. The molecule has 0 spiro atoms. The Balaban J connectivity index is 1.40. The van der Waals surface area contributed by atoms with Crippen LogP contribution in [-0.2, 0) is 24.5 Å². The molecular weight excluding hydrogens is 454 g/mol. The normalized spacial score (nSPS) is 23.5. The third kappa shape index (κ3) is 6.47. The highest BCUT2D eigenvalue weighted by molar-refractivity contribution is 5.69. The third-order valence-corrected chi connectivity index (χ3v) is 7.16. The fourth-order valence-corrected chi connectivity index (χ4v) is 5.65. The predicted molar refractivity (Wildman–Crippen MR) is 139 cm³/mol. The van der Waals surface area contributed by atoms with Crippen LogP contribution in [0.5, 0.6) is 0 Å². The molecule has 2 aliphatic rings. The van der Waals surface area contributed by atoms with E-state index in [1.807, 2.05) is 32.9 Å². The lowest BCUT2D eigenvalue weighted by molar-refractivity contribution is -0.770. The van der Waals surface area contributed by atoms with Crippen LogP contribution in [0.25, 0.3) is 0 Å². The third-order valence-electron chi connectivity index (χ3n) is 7.16. The maximum absolute atomic E-state index is 12.3. The monoisotopic (exact) mass is 493 g/mol. The molecule has 0 saturated heterocycles. The van der Waals surface area contributed by atoms with E-state index < -0.39 is 11.9 Å². The van der Waals surface area contributed by atoms with Gasteiger partial charge in [0.15, 0.2) is 6.29 Å². The van der Waals surface area contributed by atoms with Crippen LogP contribution in [0.3, 0.4) is 0 Å². The van der Waals surface area contributed by atoms with Crippen LogP contribution in [0.4, 0.5) is 0 Å². The van der Waals surface area contributed by atoms with E-state index in [1.165, 1.54) is 11.1 Å². The Kier molecular flexibility index (Phi) is 8.35. The number of rotatable bonds is 9. The van der Waals surface area contributed by atoms with Crippen molar-refractivity contribution in [3.63, 3.8) is 0 Å². The van der Waals surface area contributed by atoms with Crippen LogP contribution in [0.1, 0.15) is 83.3 Å². The number of ether oxygens (including phenoxy) is 2. The minimum atomic E-state index is -0.599. The summed E-state index contributed by atoms with van der Waals surface area (Å²) in [7, 11) is 0. The Labute approximate surface area is 214 Å². The van der Waals surface area contributed by atoms with Crippen LogP contribution < -0.4 is 0 Å². The van der Waals surface area contributed by atoms with E-state index in [9.17, 15) is 10.0 Å². The van der Waals surface area contributed by atoms with Gasteiger partial charge in [-0.15, -0.1) is 0 Å². The molecule has 0 radical (unpaired) electrons. The summed E-state index contributed by atoms with van der Waals surface area (Å²) in [6.07, 6.45) is 7.23. The van der Waals surface area contributed by atoms with Gasteiger partial charge in [0.25, 0.3) is 0 Å². The Morgan fingerprint density at radius 3 is 2.31 bits per heavy atom. The van der Waals surface area contributed by atoms with Gasteiger partial charge in [-0.2, -0.15) is 0 Å². The van der Waals surface area contributed by atoms with E-state index in [0.717, 1.165) is 38.5 Å². The van der Waals surface area contributed by atoms with Gasteiger partial charge >= 0.3 is 5.97 Å². The molecule has 0 amide bonds. The predicted octanol–water partition coefficient (Wildman–Crippen LogP) is 6.30. The first kappa shape index (κ1) is 26.2. The highest BCUT2D eigenvalue weighted by Gasteiger charge is 2.47. The van der Waals surface area contributed by atoms with E-state index in [-0.39, 0.29) is 23.4 Å². The molecule has 1 aliphatic heterocycles. The summed E-state index contributed by atoms with van der Waals surface area (Å²) in [5, 5.41) is 12.3. The van der Waals surface area contributed by atoms with Crippen molar-refractivity contribution in [2.24, 2.45) is 5.92 Å². The molecule has 6 heteroatoms. The number of carbonyl (C=O) groups is 1. The fraction of sp³-hybridized carbons (Fsp3) is 0.533. The van der Waals surface area contributed by atoms with E-state index >= 15 is 0 Å². The zero-order valence-electron chi connectivity index (χ0n) is 21.7. The highest BCUT2D eigenvalue weighted by atomic mass is 16.9. The lowest BCUT2D eigenvalue weighted by Crippen LogP contribution is -2.43. The molecule has 1 heterocycles. The number of hydrogen-bond donors (Lipinski definition) is 0. The molecule has 1 saturated carbocycles. The second-order valence-electron chi connectivity index (χ2n) is 11.0. The van der Waals surface area contributed by atoms with Gasteiger partial charge in [0.05, 0.1) is 6.10 Å². The molecule has 2 aromatic rings. The Morgan fingerprint density at radius 1 is 1.06 bits per heavy atom. The topological polar surface area (TPSA) is 70.8 Å². The maximum Gasteiger partial charge on any atom is 0.306 e. The zero-order chi connectivity index (χ0) is 25.6. The van der Waals surface area contributed by atoms with Gasteiger partial charge in [0.1, 0.15) is 5.60 Å². The molecule has 0 aromatic heterocycles. The van der Waals surface area contributed by atoms with E-state index in [2.05, 4.69) is 48.5 Å². The zero-order valence-corrected chi connectivity index (χ0v) is 21.7. The first-order valence-electron chi connectivity index (χ1n) is 13.2. The standard InChI is InChI=1S/C30H39NO5/c1-29(2,3)35-27(32)19-11-10-13-23-21-28(36-31(33)22-23)34-26-18-12-20-30(26,24-14-6-4-7-15-24)25-16-8-5-9-17-25/h4-9,14-17,22-23,26,28H,10-13,18-21H2,1-3H3/t23-,26-,28+/m1/s1. The highest BCUT2D eigenvalue weighted by Crippen LogP contribution is 2.48. The summed E-state index contributed by atoms with van der Waals surface area (Å²) in [5.74, 6) is -0.131. The number of carbonyl (C=O) groups excluding carboxylic acids is 1. The molecule has 4 rings (SSSR count). The van der Waals surface area contributed by atoms with Gasteiger partial charge in [-0.1, -0.05) is 67.1 Å². The van der Waals surface area contributed by atoms with E-state index in [0.29, 0.717) is 17.7 Å². The maximum atomic E-state index is 12.3. The SMILES string of the molecule is CC(C)(C)OC(=O)CCCC[C@H]1C=[N+]([O-])O[C@H](O[C@@H]2CCCC2(c2ccccc2)c2ccccc2)C1. The van der Waals surface area contributed by atoms with Gasteiger partial charge in [-0.05, 0) is 64.0 Å². The molecule has 1 aliphatic carbocycles. The van der Waals surface area contributed by atoms with Crippen molar-refractivity contribution in [1.82, 2.24) is 0 Å². The largest absolute Gasteiger partial charge is 0.460 e. The van der Waals surface area contributed by atoms with Gasteiger partial charge in [-0.25, -0.2) is 0 Å². The smallest absolute Gasteiger partial charge is 0.306 e. The molecule has 1 fully saturated rings. The Hall–Kier alpha value is -2.86. The van der Waals surface area contributed by atoms with Crippen molar-refractivity contribution in [3.05, 3.63) is 77.0 Å². The lowest BCUT2D eigenvalue weighted by Gasteiger charge is -2.39. The van der Waals surface area contributed by atoms with Crippen LogP contribution in [-0.4, -0.2) is 35.1 Å². The molecule has 0 bridgehead atoms. The summed E-state index contributed by atoms with van der Waals surface area (Å²) >= 11 is 0. The summed E-state index contributed by atoms with van der Waals surface area (Å²) in [6, 6.07) is 21.1. The summed E-state index contributed by atoms with van der Waals surface area (Å²) < 4.78 is 12.0. The van der Waals surface area contributed by atoms with Crippen LogP contribution in [0.15, 0.2) is 60.7 Å². The van der Waals surface area contributed by atoms with Gasteiger partial charge < -0.3 is 14.3 Å². The number of nitrogens with zero attached hydrogens (tertiary/aromatic N) is 1. The average molecular weight is 494 g/mol. The number of benzene rings is 2. The van der Waals surface area contributed by atoms with Crippen molar-refractivity contribution in [1.29, 1.82) is 0 Å². The van der Waals surface area contributed by atoms with Crippen LogP contribution in [0.2, 0.25) is 0 Å². The van der Waals surface area contributed by atoms with E-state index in [4.69, 9.17) is 14.3 Å². The Morgan fingerprint density at radius 2 is 1.69 bits per heavy atom. The minimum absolute atomic E-state index is 0.0455.